The van der Waals surface area contributed by atoms with E-state index < -0.39 is 0 Å². The van der Waals surface area contributed by atoms with E-state index in [0.29, 0.717) is 17.9 Å². The van der Waals surface area contributed by atoms with Gasteiger partial charge in [0, 0.05) is 40.6 Å². The molecule has 0 aliphatic carbocycles. The summed E-state index contributed by atoms with van der Waals surface area (Å²) in [6.07, 6.45) is 0. The van der Waals surface area contributed by atoms with Crippen LogP contribution in [0.5, 0.6) is 11.5 Å². The summed E-state index contributed by atoms with van der Waals surface area (Å²) >= 11 is 1.69. The molecule has 0 saturated carbocycles. The van der Waals surface area contributed by atoms with E-state index in [1.165, 1.54) is 4.90 Å². The highest BCUT2D eigenvalue weighted by Crippen LogP contribution is 2.41. The largest absolute Gasteiger partial charge is 0.454 e. The zero-order valence-corrected chi connectivity index (χ0v) is 19.4. The van der Waals surface area contributed by atoms with Crippen LogP contribution in [0.25, 0.3) is 0 Å². The molecule has 0 bridgehead atoms. The smallest absolute Gasteiger partial charge is 0.251 e. The molecule has 3 aromatic carbocycles. The fraction of sp³-hybridized carbons (Fsp3) is 0.231. The third kappa shape index (κ3) is 4.28. The lowest BCUT2D eigenvalue weighted by Crippen LogP contribution is -2.31. The minimum atomic E-state index is -0.137. The normalized spacial score (nSPS) is 13.5. The number of nitrogens with zero attached hydrogens (tertiary/aromatic N) is 2. The van der Waals surface area contributed by atoms with E-state index in [-0.39, 0.29) is 12.7 Å². The number of benzene rings is 3. The van der Waals surface area contributed by atoms with Gasteiger partial charge in [-0.1, -0.05) is 36.0 Å². The van der Waals surface area contributed by atoms with E-state index in [9.17, 15) is 4.79 Å². The molecular weight excluding hydrogens is 434 g/mol. The van der Waals surface area contributed by atoms with E-state index in [1.807, 2.05) is 42.5 Å². The van der Waals surface area contributed by atoms with Crippen LogP contribution in [0.3, 0.4) is 0 Å². The second-order valence-corrected chi connectivity index (χ2v) is 8.84. The number of fused-ring (bicyclic) bond motifs is 3. The van der Waals surface area contributed by atoms with Crippen molar-refractivity contribution in [3.8, 4) is 11.5 Å². The molecule has 168 valence electrons. The van der Waals surface area contributed by atoms with Crippen molar-refractivity contribution in [1.29, 1.82) is 0 Å². The van der Waals surface area contributed by atoms with Gasteiger partial charge < -0.3 is 19.7 Å². The summed E-state index contributed by atoms with van der Waals surface area (Å²) in [5, 5.41) is 3.00. The number of amidine groups is 1. The average molecular weight is 460 g/mol. The highest BCUT2D eigenvalue weighted by molar-refractivity contribution is 7.99. The number of hydrogen-bond acceptors (Lipinski definition) is 6. The lowest BCUT2D eigenvalue weighted by molar-refractivity contribution is 0.0950. The number of rotatable bonds is 5. The van der Waals surface area contributed by atoms with Crippen LogP contribution < -0.4 is 14.8 Å². The molecule has 33 heavy (non-hydrogen) atoms. The Hall–Kier alpha value is -3.45. The Morgan fingerprint density at radius 3 is 2.67 bits per heavy atom. The maximum absolute atomic E-state index is 12.9. The lowest BCUT2D eigenvalue weighted by Gasteiger charge is -2.23. The van der Waals surface area contributed by atoms with Gasteiger partial charge in [-0.25, -0.2) is 4.99 Å². The summed E-state index contributed by atoms with van der Waals surface area (Å²) in [5.74, 6) is 2.25. The predicted octanol–water partition coefficient (Wildman–Crippen LogP) is 5.23. The van der Waals surface area contributed by atoms with Crippen LogP contribution in [0, 0.1) is 0 Å². The fourth-order valence-corrected chi connectivity index (χ4v) is 4.96. The highest BCUT2D eigenvalue weighted by atomic mass is 32.2. The molecule has 2 heterocycles. The van der Waals surface area contributed by atoms with Crippen molar-refractivity contribution in [3.05, 3.63) is 77.4 Å². The highest BCUT2D eigenvalue weighted by Gasteiger charge is 2.21. The van der Waals surface area contributed by atoms with Crippen LogP contribution in [-0.4, -0.2) is 36.5 Å². The van der Waals surface area contributed by atoms with Crippen molar-refractivity contribution in [1.82, 2.24) is 10.2 Å². The summed E-state index contributed by atoms with van der Waals surface area (Å²) in [4.78, 5) is 22.4. The number of carbonyl (C=O) groups is 1. The monoisotopic (exact) mass is 459 g/mol. The standard InChI is InChI=1S/C26H25N3O3S/c1-3-29(4-2)25-19-7-5-6-8-23(19)33-24-12-10-18(14-20(24)28-25)26(30)27-15-17-9-11-21-22(13-17)32-16-31-21/h5-14H,3-4,15-16H2,1-2H3,(H,27,30). The van der Waals surface area contributed by atoms with Crippen molar-refractivity contribution in [2.75, 3.05) is 19.9 Å². The Bertz CT molecular complexity index is 1240. The quantitative estimate of drug-likeness (QED) is 0.566. The molecule has 0 unspecified atom stereocenters. The first-order valence-electron chi connectivity index (χ1n) is 11.1. The van der Waals surface area contributed by atoms with Gasteiger partial charge >= 0.3 is 0 Å². The topological polar surface area (TPSA) is 63.2 Å². The Balaban J connectivity index is 1.41. The first-order chi connectivity index (χ1) is 16.2. The van der Waals surface area contributed by atoms with Crippen LogP contribution in [-0.2, 0) is 6.54 Å². The zero-order valence-electron chi connectivity index (χ0n) is 18.6. The third-order valence-corrected chi connectivity index (χ3v) is 6.89. The first-order valence-corrected chi connectivity index (χ1v) is 11.9. The molecule has 7 heteroatoms. The molecular formula is C26H25N3O3S. The van der Waals surface area contributed by atoms with Crippen molar-refractivity contribution in [3.63, 3.8) is 0 Å². The number of aliphatic imine (C=N–C) groups is 1. The Morgan fingerprint density at radius 1 is 1.00 bits per heavy atom. The average Bonchev–Trinajstić information content (AvgIpc) is 3.25. The Kier molecular flexibility index (Phi) is 5.96. The van der Waals surface area contributed by atoms with Crippen molar-refractivity contribution in [2.45, 2.75) is 30.2 Å². The number of carbonyl (C=O) groups excluding carboxylic acids is 1. The summed E-state index contributed by atoms with van der Waals surface area (Å²) in [6, 6.07) is 19.8. The SMILES string of the molecule is CCN(CC)C1=Nc2cc(C(=O)NCc3ccc4c(c3)OCO4)ccc2Sc2ccccc21. The lowest BCUT2D eigenvalue weighted by atomic mass is 10.1. The molecule has 6 nitrogen and oxygen atoms in total. The number of ether oxygens (including phenoxy) is 2. The molecule has 0 fully saturated rings. The van der Waals surface area contributed by atoms with Gasteiger partial charge in [0.15, 0.2) is 11.5 Å². The van der Waals surface area contributed by atoms with E-state index >= 15 is 0 Å². The van der Waals surface area contributed by atoms with Crippen LogP contribution in [0.1, 0.15) is 35.3 Å². The van der Waals surface area contributed by atoms with Crippen molar-refractivity contribution < 1.29 is 14.3 Å². The van der Waals surface area contributed by atoms with Gasteiger partial charge in [-0.3, -0.25) is 4.79 Å². The van der Waals surface area contributed by atoms with Crippen LogP contribution in [0.2, 0.25) is 0 Å². The molecule has 2 aliphatic heterocycles. The Labute approximate surface area is 197 Å². The van der Waals surface area contributed by atoms with Gasteiger partial charge in [-0.05, 0) is 55.8 Å². The number of amides is 1. The minimum absolute atomic E-state index is 0.137. The van der Waals surface area contributed by atoms with Crippen LogP contribution in [0.15, 0.2) is 75.4 Å². The molecule has 3 aromatic rings. The second-order valence-electron chi connectivity index (χ2n) is 7.76. The number of nitrogens with one attached hydrogen (secondary N) is 1. The zero-order chi connectivity index (χ0) is 22.8. The maximum atomic E-state index is 12.9. The van der Waals surface area contributed by atoms with Crippen molar-refractivity contribution >= 4 is 29.2 Å². The maximum Gasteiger partial charge on any atom is 0.251 e. The van der Waals surface area contributed by atoms with Gasteiger partial charge in [0.1, 0.15) is 5.84 Å². The van der Waals surface area contributed by atoms with E-state index in [2.05, 4.69) is 42.3 Å². The molecule has 0 aromatic heterocycles. The summed E-state index contributed by atoms with van der Waals surface area (Å²) < 4.78 is 10.8. The summed E-state index contributed by atoms with van der Waals surface area (Å²) in [5.41, 5.74) is 3.48. The number of hydrogen-bond donors (Lipinski definition) is 1. The second kappa shape index (κ2) is 9.19. The molecule has 2 aliphatic rings. The molecule has 0 radical (unpaired) electrons. The molecule has 0 atom stereocenters. The molecule has 0 saturated heterocycles. The third-order valence-electron chi connectivity index (χ3n) is 5.75. The fourth-order valence-electron chi connectivity index (χ4n) is 3.96. The van der Waals surface area contributed by atoms with E-state index in [1.54, 1.807) is 11.8 Å². The van der Waals surface area contributed by atoms with Crippen LogP contribution in [0.4, 0.5) is 5.69 Å². The van der Waals surface area contributed by atoms with Crippen molar-refractivity contribution in [2.24, 2.45) is 4.99 Å². The van der Waals surface area contributed by atoms with E-state index in [0.717, 1.165) is 46.4 Å². The Morgan fingerprint density at radius 2 is 1.82 bits per heavy atom. The van der Waals surface area contributed by atoms with E-state index in [4.69, 9.17) is 14.5 Å². The molecule has 0 spiro atoms. The predicted molar refractivity (Wildman–Crippen MR) is 130 cm³/mol. The first kappa shape index (κ1) is 21.4. The molecule has 1 amide bonds. The molecule has 1 N–H and O–H groups in total. The van der Waals surface area contributed by atoms with Gasteiger partial charge in [0.05, 0.1) is 5.69 Å². The molecule has 5 rings (SSSR count). The van der Waals surface area contributed by atoms with Gasteiger partial charge in [0.25, 0.3) is 5.91 Å². The van der Waals surface area contributed by atoms with Gasteiger partial charge in [-0.2, -0.15) is 0 Å². The van der Waals surface area contributed by atoms with Crippen LogP contribution >= 0.6 is 11.8 Å². The summed E-state index contributed by atoms with van der Waals surface area (Å²) in [7, 11) is 0. The van der Waals surface area contributed by atoms with Gasteiger partial charge in [0.2, 0.25) is 6.79 Å². The minimum Gasteiger partial charge on any atom is -0.454 e. The summed E-state index contributed by atoms with van der Waals surface area (Å²) in [6.45, 7) is 6.62. The van der Waals surface area contributed by atoms with Gasteiger partial charge in [-0.15, -0.1) is 0 Å².